The first-order chi connectivity index (χ1) is 13.1. The zero-order valence-electron chi connectivity index (χ0n) is 15.2. The van der Waals surface area contributed by atoms with Crippen molar-refractivity contribution < 1.29 is 14.3 Å². The molecule has 0 atom stereocenters. The van der Waals surface area contributed by atoms with Crippen LogP contribution in [-0.4, -0.2) is 35.2 Å². The Balaban J connectivity index is 1.78. The largest absolute Gasteiger partial charge is 0.493 e. The van der Waals surface area contributed by atoms with Crippen LogP contribution >= 0.6 is 0 Å². The predicted molar refractivity (Wildman–Crippen MR) is 102 cm³/mol. The standard InChI is InChI=1S/C19H19N5O3/c1-12(25)13-5-4-6-14(9-13)21-18-11-20-24-19(23-18)22-15-7-8-16(26-2)17(10-15)27-3/h4-11H,1-3H3,(H2,21,22,23,24). The lowest BCUT2D eigenvalue weighted by atomic mass is 10.1. The second-order valence-corrected chi connectivity index (χ2v) is 5.62. The quantitative estimate of drug-likeness (QED) is 0.613. The van der Waals surface area contributed by atoms with Crippen molar-refractivity contribution in [3.8, 4) is 11.5 Å². The fraction of sp³-hybridized carbons (Fsp3) is 0.158. The molecular formula is C19H19N5O3. The lowest BCUT2D eigenvalue weighted by Gasteiger charge is -2.11. The van der Waals surface area contributed by atoms with Gasteiger partial charge in [0, 0.05) is 23.0 Å². The van der Waals surface area contributed by atoms with Crippen LogP contribution in [0.25, 0.3) is 0 Å². The van der Waals surface area contributed by atoms with Crippen LogP contribution in [0.4, 0.5) is 23.1 Å². The van der Waals surface area contributed by atoms with Crippen LogP contribution in [0, 0.1) is 0 Å². The van der Waals surface area contributed by atoms with Gasteiger partial charge >= 0.3 is 0 Å². The van der Waals surface area contributed by atoms with Crippen molar-refractivity contribution in [3.63, 3.8) is 0 Å². The summed E-state index contributed by atoms with van der Waals surface area (Å²) in [7, 11) is 3.15. The molecule has 27 heavy (non-hydrogen) atoms. The average molecular weight is 365 g/mol. The smallest absolute Gasteiger partial charge is 0.249 e. The molecule has 0 aliphatic rings. The van der Waals surface area contributed by atoms with Gasteiger partial charge in [-0.2, -0.15) is 10.1 Å². The van der Waals surface area contributed by atoms with E-state index in [0.717, 1.165) is 11.4 Å². The van der Waals surface area contributed by atoms with Gasteiger partial charge in [-0.25, -0.2) is 0 Å². The van der Waals surface area contributed by atoms with Crippen molar-refractivity contribution >= 4 is 28.9 Å². The number of carbonyl (C=O) groups is 1. The Morgan fingerprint density at radius 3 is 2.48 bits per heavy atom. The molecule has 3 aromatic rings. The van der Waals surface area contributed by atoms with E-state index in [4.69, 9.17) is 9.47 Å². The number of ether oxygens (including phenoxy) is 2. The Labute approximate surface area is 156 Å². The Bertz CT molecular complexity index is 962. The van der Waals surface area contributed by atoms with Crippen LogP contribution in [-0.2, 0) is 0 Å². The monoisotopic (exact) mass is 365 g/mol. The maximum absolute atomic E-state index is 11.5. The lowest BCUT2D eigenvalue weighted by Crippen LogP contribution is -2.03. The minimum absolute atomic E-state index is 0.00438. The molecule has 0 aliphatic carbocycles. The molecular weight excluding hydrogens is 346 g/mol. The van der Waals surface area contributed by atoms with Crippen molar-refractivity contribution in [3.05, 3.63) is 54.2 Å². The number of aromatic nitrogens is 3. The molecule has 0 saturated carbocycles. The van der Waals surface area contributed by atoms with Gasteiger partial charge in [0.25, 0.3) is 0 Å². The first-order valence-electron chi connectivity index (χ1n) is 8.16. The molecule has 0 bridgehead atoms. The molecule has 0 spiro atoms. The maximum atomic E-state index is 11.5. The summed E-state index contributed by atoms with van der Waals surface area (Å²) in [5.74, 6) is 2.02. The first kappa shape index (κ1) is 18.1. The summed E-state index contributed by atoms with van der Waals surface area (Å²) in [6.45, 7) is 1.52. The van der Waals surface area contributed by atoms with E-state index in [-0.39, 0.29) is 5.78 Å². The molecule has 1 aromatic heterocycles. The molecule has 0 fully saturated rings. The van der Waals surface area contributed by atoms with Crippen molar-refractivity contribution in [1.29, 1.82) is 0 Å². The molecule has 3 rings (SSSR count). The molecule has 138 valence electrons. The second kappa shape index (κ2) is 8.13. The summed E-state index contributed by atoms with van der Waals surface area (Å²) < 4.78 is 10.5. The van der Waals surface area contributed by atoms with Gasteiger partial charge < -0.3 is 20.1 Å². The highest BCUT2D eigenvalue weighted by Gasteiger charge is 2.07. The van der Waals surface area contributed by atoms with E-state index in [1.165, 1.54) is 13.1 Å². The number of anilines is 4. The van der Waals surface area contributed by atoms with Crippen LogP contribution in [0.1, 0.15) is 17.3 Å². The fourth-order valence-corrected chi connectivity index (χ4v) is 2.42. The summed E-state index contributed by atoms with van der Waals surface area (Å²) in [6, 6.07) is 12.5. The van der Waals surface area contributed by atoms with Gasteiger partial charge in [-0.3, -0.25) is 4.79 Å². The van der Waals surface area contributed by atoms with E-state index in [0.29, 0.717) is 28.8 Å². The van der Waals surface area contributed by atoms with Gasteiger partial charge in [0.15, 0.2) is 23.1 Å². The molecule has 8 nitrogen and oxygen atoms in total. The molecule has 0 aliphatic heterocycles. The first-order valence-corrected chi connectivity index (χ1v) is 8.16. The Kier molecular flexibility index (Phi) is 5.46. The topological polar surface area (TPSA) is 98.3 Å². The number of hydrogen-bond acceptors (Lipinski definition) is 8. The molecule has 0 saturated heterocycles. The minimum atomic E-state index is -0.00438. The summed E-state index contributed by atoms with van der Waals surface area (Å²) in [5.41, 5.74) is 2.08. The van der Waals surface area contributed by atoms with Gasteiger partial charge in [-0.05, 0) is 31.2 Å². The van der Waals surface area contributed by atoms with Crippen LogP contribution in [0.2, 0.25) is 0 Å². The normalized spacial score (nSPS) is 10.2. The van der Waals surface area contributed by atoms with Crippen LogP contribution in [0.3, 0.4) is 0 Å². The van der Waals surface area contributed by atoms with E-state index < -0.39 is 0 Å². The maximum Gasteiger partial charge on any atom is 0.249 e. The third kappa shape index (κ3) is 4.49. The molecule has 2 N–H and O–H groups in total. The van der Waals surface area contributed by atoms with Gasteiger partial charge in [0.05, 0.1) is 20.4 Å². The number of nitrogens with one attached hydrogen (secondary N) is 2. The molecule has 0 unspecified atom stereocenters. The van der Waals surface area contributed by atoms with Gasteiger partial charge in [0.1, 0.15) is 0 Å². The molecule has 8 heteroatoms. The SMILES string of the molecule is COc1ccc(Nc2nncc(Nc3cccc(C(C)=O)c3)n2)cc1OC. The van der Waals surface area contributed by atoms with Crippen LogP contribution < -0.4 is 20.1 Å². The van der Waals surface area contributed by atoms with Crippen molar-refractivity contribution in [2.45, 2.75) is 6.92 Å². The molecule has 2 aromatic carbocycles. The summed E-state index contributed by atoms with van der Waals surface area (Å²) in [6.07, 6.45) is 1.50. The summed E-state index contributed by atoms with van der Waals surface area (Å²) >= 11 is 0. The zero-order valence-corrected chi connectivity index (χ0v) is 15.2. The van der Waals surface area contributed by atoms with E-state index in [9.17, 15) is 4.79 Å². The van der Waals surface area contributed by atoms with E-state index in [2.05, 4.69) is 25.8 Å². The Hall–Kier alpha value is -3.68. The number of methoxy groups -OCH3 is 2. The predicted octanol–water partition coefficient (Wildman–Crippen LogP) is 3.58. The number of Topliss-reactive ketones (excluding diaryl/α,β-unsaturated/α-hetero) is 1. The number of carbonyl (C=O) groups excluding carboxylic acids is 1. The minimum Gasteiger partial charge on any atom is -0.493 e. The summed E-state index contributed by atoms with van der Waals surface area (Å²) in [4.78, 5) is 15.9. The van der Waals surface area contributed by atoms with E-state index >= 15 is 0 Å². The number of benzene rings is 2. The molecule has 0 radical (unpaired) electrons. The highest BCUT2D eigenvalue weighted by molar-refractivity contribution is 5.95. The highest BCUT2D eigenvalue weighted by Crippen LogP contribution is 2.30. The number of nitrogens with zero attached hydrogens (tertiary/aromatic N) is 3. The number of rotatable bonds is 7. The van der Waals surface area contributed by atoms with Crippen molar-refractivity contribution in [2.75, 3.05) is 24.9 Å². The second-order valence-electron chi connectivity index (χ2n) is 5.62. The van der Waals surface area contributed by atoms with Crippen molar-refractivity contribution in [1.82, 2.24) is 15.2 Å². The van der Waals surface area contributed by atoms with E-state index in [1.54, 1.807) is 44.6 Å². The third-order valence-electron chi connectivity index (χ3n) is 3.74. The molecule has 0 amide bonds. The third-order valence-corrected chi connectivity index (χ3v) is 3.74. The average Bonchev–Trinajstić information content (AvgIpc) is 2.68. The molecule has 1 heterocycles. The fourth-order valence-electron chi connectivity index (χ4n) is 2.42. The lowest BCUT2D eigenvalue weighted by molar-refractivity contribution is 0.101. The van der Waals surface area contributed by atoms with E-state index in [1.807, 2.05) is 12.1 Å². The van der Waals surface area contributed by atoms with Crippen LogP contribution in [0.5, 0.6) is 11.5 Å². The Morgan fingerprint density at radius 1 is 0.963 bits per heavy atom. The van der Waals surface area contributed by atoms with Gasteiger partial charge in [-0.1, -0.05) is 12.1 Å². The highest BCUT2D eigenvalue weighted by atomic mass is 16.5. The Morgan fingerprint density at radius 2 is 1.74 bits per heavy atom. The van der Waals surface area contributed by atoms with Gasteiger partial charge in [-0.15, -0.1) is 5.10 Å². The number of hydrogen-bond donors (Lipinski definition) is 2. The summed E-state index contributed by atoms with van der Waals surface area (Å²) in [5, 5.41) is 14.1. The number of ketones is 1. The van der Waals surface area contributed by atoms with Crippen LogP contribution in [0.15, 0.2) is 48.7 Å². The van der Waals surface area contributed by atoms with Crippen molar-refractivity contribution in [2.24, 2.45) is 0 Å². The zero-order chi connectivity index (χ0) is 19.2. The van der Waals surface area contributed by atoms with Gasteiger partial charge in [0.2, 0.25) is 5.95 Å².